The van der Waals surface area contributed by atoms with Crippen LogP contribution in [-0.2, 0) is 13.0 Å². The molecule has 0 bridgehead atoms. The first-order chi connectivity index (χ1) is 18.1. The first-order valence-electron chi connectivity index (χ1n) is 13.2. The van der Waals surface area contributed by atoms with Gasteiger partial charge in [-0.25, -0.2) is 14.8 Å². The van der Waals surface area contributed by atoms with Gasteiger partial charge in [-0.15, -0.1) is 0 Å². The van der Waals surface area contributed by atoms with Crippen LogP contribution in [0, 0.1) is 0 Å². The normalized spacial score (nSPS) is 14.1. The lowest BCUT2D eigenvalue weighted by Gasteiger charge is -2.22. The van der Waals surface area contributed by atoms with Gasteiger partial charge in [-0.05, 0) is 36.5 Å². The van der Waals surface area contributed by atoms with E-state index >= 15 is 0 Å². The Morgan fingerprint density at radius 2 is 1.86 bits per heavy atom. The zero-order chi connectivity index (χ0) is 25.6. The first-order valence-corrected chi connectivity index (χ1v) is 13.2. The fraction of sp³-hybridized carbons (Fsp3) is 0.379. The maximum atomic E-state index is 11.1. The van der Waals surface area contributed by atoms with Crippen molar-refractivity contribution >= 4 is 23.3 Å². The van der Waals surface area contributed by atoms with Gasteiger partial charge < -0.3 is 19.7 Å². The average molecular weight is 500 g/mol. The Bertz CT molecular complexity index is 1360. The predicted molar refractivity (Wildman–Crippen MR) is 144 cm³/mol. The van der Waals surface area contributed by atoms with Crippen molar-refractivity contribution in [3.05, 3.63) is 66.1 Å². The SMILES string of the molecule is CCCCc1nc2cnc(NC3CCCCC3)nc2n1Cc1ccc(-c2ccccc2OC(=O)O)cc1. The maximum absolute atomic E-state index is 11.1. The highest BCUT2D eigenvalue weighted by Gasteiger charge is 2.17. The fourth-order valence-electron chi connectivity index (χ4n) is 5.02. The molecule has 2 aromatic heterocycles. The Balaban J connectivity index is 1.42. The minimum Gasteiger partial charge on any atom is -0.449 e. The van der Waals surface area contributed by atoms with Gasteiger partial charge in [0.25, 0.3) is 0 Å². The van der Waals surface area contributed by atoms with Crippen molar-refractivity contribution in [2.75, 3.05) is 5.32 Å². The Morgan fingerprint density at radius 3 is 2.62 bits per heavy atom. The smallest absolute Gasteiger partial charge is 0.449 e. The lowest BCUT2D eigenvalue weighted by atomic mass is 9.96. The lowest BCUT2D eigenvalue weighted by molar-refractivity contribution is 0.144. The molecular formula is C29H33N5O3. The molecule has 1 saturated carbocycles. The monoisotopic (exact) mass is 499 g/mol. The van der Waals surface area contributed by atoms with E-state index in [-0.39, 0.29) is 0 Å². The number of carbonyl (C=O) groups is 1. The first kappa shape index (κ1) is 24.7. The highest BCUT2D eigenvalue weighted by atomic mass is 16.7. The number of hydrogen-bond acceptors (Lipinski definition) is 6. The second-order valence-corrected chi connectivity index (χ2v) is 9.66. The number of rotatable bonds is 9. The molecule has 192 valence electrons. The summed E-state index contributed by atoms with van der Waals surface area (Å²) in [6.45, 7) is 2.83. The third-order valence-electron chi connectivity index (χ3n) is 6.95. The van der Waals surface area contributed by atoms with E-state index in [1.807, 2.05) is 30.5 Å². The molecule has 1 aliphatic carbocycles. The van der Waals surface area contributed by atoms with E-state index in [2.05, 4.69) is 33.9 Å². The van der Waals surface area contributed by atoms with E-state index in [9.17, 15) is 4.79 Å². The fourth-order valence-corrected chi connectivity index (χ4v) is 5.02. The van der Waals surface area contributed by atoms with Crippen LogP contribution in [0.5, 0.6) is 5.75 Å². The summed E-state index contributed by atoms with van der Waals surface area (Å²) in [6, 6.07) is 15.7. The number of anilines is 1. The number of aromatic nitrogens is 4. The molecule has 0 spiro atoms. The van der Waals surface area contributed by atoms with Gasteiger partial charge in [-0.1, -0.05) is 75.1 Å². The van der Waals surface area contributed by atoms with Crippen molar-refractivity contribution in [3.63, 3.8) is 0 Å². The topological polar surface area (TPSA) is 102 Å². The summed E-state index contributed by atoms with van der Waals surface area (Å²) in [7, 11) is 0. The molecule has 1 fully saturated rings. The molecule has 0 aliphatic heterocycles. The number of nitrogens with zero attached hydrogens (tertiary/aromatic N) is 4. The molecule has 0 amide bonds. The molecule has 0 saturated heterocycles. The van der Waals surface area contributed by atoms with Gasteiger partial charge in [-0.2, -0.15) is 4.98 Å². The number of hydrogen-bond donors (Lipinski definition) is 2. The van der Waals surface area contributed by atoms with Crippen LogP contribution in [0.4, 0.5) is 10.7 Å². The number of imidazole rings is 1. The summed E-state index contributed by atoms with van der Waals surface area (Å²) in [4.78, 5) is 25.4. The summed E-state index contributed by atoms with van der Waals surface area (Å²) in [5.74, 6) is 2.01. The second-order valence-electron chi connectivity index (χ2n) is 9.66. The van der Waals surface area contributed by atoms with Gasteiger partial charge >= 0.3 is 6.16 Å². The Hall–Kier alpha value is -3.94. The Morgan fingerprint density at radius 1 is 1.08 bits per heavy atom. The van der Waals surface area contributed by atoms with Gasteiger partial charge in [0, 0.05) is 18.0 Å². The molecule has 8 nitrogen and oxygen atoms in total. The summed E-state index contributed by atoms with van der Waals surface area (Å²) in [5, 5.41) is 12.6. The molecule has 2 aromatic carbocycles. The molecule has 2 N–H and O–H groups in total. The minimum absolute atomic E-state index is 0.319. The molecule has 2 heterocycles. The van der Waals surface area contributed by atoms with E-state index in [1.165, 1.54) is 19.3 Å². The second kappa shape index (κ2) is 11.4. The predicted octanol–water partition coefficient (Wildman–Crippen LogP) is 6.69. The quantitative estimate of drug-likeness (QED) is 0.195. The van der Waals surface area contributed by atoms with Crippen LogP contribution in [0.3, 0.4) is 0 Å². The van der Waals surface area contributed by atoms with Crippen molar-refractivity contribution in [3.8, 4) is 16.9 Å². The lowest BCUT2D eigenvalue weighted by Crippen LogP contribution is -2.23. The maximum Gasteiger partial charge on any atom is 0.511 e. The molecular weight excluding hydrogens is 466 g/mol. The molecule has 0 unspecified atom stereocenters. The summed E-state index contributed by atoms with van der Waals surface area (Å²) >= 11 is 0. The van der Waals surface area contributed by atoms with Gasteiger partial charge in [0.05, 0.1) is 12.7 Å². The Kier molecular flexibility index (Phi) is 7.63. The van der Waals surface area contributed by atoms with Crippen LogP contribution in [0.2, 0.25) is 0 Å². The van der Waals surface area contributed by atoms with Gasteiger partial charge in [0.15, 0.2) is 5.65 Å². The summed E-state index contributed by atoms with van der Waals surface area (Å²) in [6.07, 6.45) is 9.68. The summed E-state index contributed by atoms with van der Waals surface area (Å²) in [5.41, 5.74) is 4.40. The van der Waals surface area contributed by atoms with Crippen molar-refractivity contribution in [2.24, 2.45) is 0 Å². The van der Waals surface area contributed by atoms with Crippen molar-refractivity contribution in [1.82, 2.24) is 19.5 Å². The number of ether oxygens (including phenoxy) is 1. The van der Waals surface area contributed by atoms with Crippen LogP contribution in [0.15, 0.2) is 54.7 Å². The number of aryl methyl sites for hydroxylation is 1. The molecule has 0 atom stereocenters. The molecule has 1 aliphatic rings. The molecule has 4 aromatic rings. The van der Waals surface area contributed by atoms with Crippen LogP contribution < -0.4 is 10.1 Å². The number of unbranched alkanes of at least 4 members (excludes halogenated alkanes) is 1. The number of para-hydroxylation sites is 1. The molecule has 0 radical (unpaired) electrons. The zero-order valence-electron chi connectivity index (χ0n) is 21.2. The average Bonchev–Trinajstić information content (AvgIpc) is 3.25. The highest BCUT2D eigenvalue weighted by molar-refractivity contribution is 5.74. The summed E-state index contributed by atoms with van der Waals surface area (Å²) < 4.78 is 7.17. The molecule has 8 heteroatoms. The highest BCUT2D eigenvalue weighted by Crippen LogP contribution is 2.30. The van der Waals surface area contributed by atoms with Crippen molar-refractivity contribution < 1.29 is 14.6 Å². The van der Waals surface area contributed by atoms with E-state index in [0.29, 0.717) is 24.3 Å². The zero-order valence-corrected chi connectivity index (χ0v) is 21.2. The van der Waals surface area contributed by atoms with Crippen LogP contribution in [0.25, 0.3) is 22.3 Å². The van der Waals surface area contributed by atoms with Crippen LogP contribution >= 0.6 is 0 Å². The van der Waals surface area contributed by atoms with E-state index < -0.39 is 6.16 Å². The van der Waals surface area contributed by atoms with Crippen LogP contribution in [0.1, 0.15) is 63.3 Å². The number of carboxylic acid groups (broad SMARTS) is 1. The van der Waals surface area contributed by atoms with Crippen molar-refractivity contribution in [2.45, 2.75) is 70.9 Å². The third kappa shape index (κ3) is 5.90. The number of benzene rings is 2. The van der Waals surface area contributed by atoms with Gasteiger partial charge in [0.1, 0.15) is 17.1 Å². The largest absolute Gasteiger partial charge is 0.511 e. The third-order valence-corrected chi connectivity index (χ3v) is 6.95. The number of fused-ring (bicyclic) bond motifs is 1. The Labute approximate surface area is 216 Å². The number of nitrogens with one attached hydrogen (secondary N) is 1. The van der Waals surface area contributed by atoms with Crippen molar-refractivity contribution in [1.29, 1.82) is 0 Å². The van der Waals surface area contributed by atoms with E-state index in [0.717, 1.165) is 65.8 Å². The molecule has 37 heavy (non-hydrogen) atoms. The standard InChI is InChI=1S/C29H33N5O3/c1-2-3-13-26-32-24-18-30-28(31-22-9-5-4-6-10-22)33-27(24)34(26)19-20-14-16-21(17-15-20)23-11-7-8-12-25(23)37-29(35)36/h7-8,11-12,14-18,22H,2-6,9-10,13,19H2,1H3,(H,35,36)(H,30,31,33). The minimum atomic E-state index is -1.32. The van der Waals surface area contributed by atoms with E-state index in [1.54, 1.807) is 12.1 Å². The van der Waals surface area contributed by atoms with Gasteiger partial charge in [-0.3, -0.25) is 0 Å². The van der Waals surface area contributed by atoms with E-state index in [4.69, 9.17) is 19.8 Å². The van der Waals surface area contributed by atoms with Gasteiger partial charge in [0.2, 0.25) is 5.95 Å². The van der Waals surface area contributed by atoms with Crippen LogP contribution in [-0.4, -0.2) is 36.8 Å². The molecule has 5 rings (SSSR count).